The molecular formula is C17H22N2O5S. The van der Waals surface area contributed by atoms with Gasteiger partial charge < -0.3 is 10.0 Å². The standard InChI is InChI=1S/C17H22N2O5S/c20-16(19-11-1-2-15(19)17(21)22)10-5-12-3-8-14(9-4-12)25(23,24)18-13-6-7-13/h3-4,8-9,13,15,18H,1-2,5-7,10-11H2,(H,21,22)/t15-/m0/s1. The Morgan fingerprint density at radius 1 is 1.16 bits per heavy atom. The molecule has 1 saturated carbocycles. The summed E-state index contributed by atoms with van der Waals surface area (Å²) in [6, 6.07) is 5.83. The number of carboxylic acid groups (broad SMARTS) is 1. The first-order valence-corrected chi connectivity index (χ1v) is 9.99. The topological polar surface area (TPSA) is 104 Å². The van der Waals surface area contributed by atoms with E-state index in [-0.39, 0.29) is 23.3 Å². The van der Waals surface area contributed by atoms with Gasteiger partial charge in [0.05, 0.1) is 4.90 Å². The van der Waals surface area contributed by atoms with Crippen molar-refractivity contribution in [3.8, 4) is 0 Å². The van der Waals surface area contributed by atoms with E-state index >= 15 is 0 Å². The first-order chi connectivity index (χ1) is 11.9. The maximum atomic E-state index is 12.2. The molecule has 1 aliphatic heterocycles. The number of rotatable bonds is 7. The number of hydrogen-bond donors (Lipinski definition) is 2. The van der Waals surface area contributed by atoms with Crippen LogP contribution in [0, 0.1) is 0 Å². The lowest BCUT2D eigenvalue weighted by Gasteiger charge is -2.21. The van der Waals surface area contributed by atoms with Gasteiger partial charge in [0.15, 0.2) is 0 Å². The second-order valence-corrected chi connectivity index (χ2v) is 8.34. The molecular weight excluding hydrogens is 344 g/mol. The van der Waals surface area contributed by atoms with E-state index in [1.807, 2.05) is 0 Å². The van der Waals surface area contributed by atoms with Crippen molar-refractivity contribution in [2.45, 2.75) is 55.5 Å². The predicted molar refractivity (Wildman–Crippen MR) is 90.5 cm³/mol. The van der Waals surface area contributed by atoms with Crippen LogP contribution in [0.15, 0.2) is 29.2 Å². The van der Waals surface area contributed by atoms with E-state index in [0.29, 0.717) is 25.8 Å². The Kier molecular flexibility index (Phi) is 5.10. The SMILES string of the molecule is O=C(O)[C@@H]1CCCN1C(=O)CCc1ccc(S(=O)(=O)NC2CC2)cc1. The summed E-state index contributed by atoms with van der Waals surface area (Å²) in [6.45, 7) is 0.486. The van der Waals surface area contributed by atoms with Gasteiger partial charge >= 0.3 is 5.97 Å². The molecule has 0 aromatic heterocycles. The number of aryl methyl sites for hydroxylation is 1. The van der Waals surface area contributed by atoms with Gasteiger partial charge in [-0.15, -0.1) is 0 Å². The van der Waals surface area contributed by atoms with Gasteiger partial charge in [-0.3, -0.25) is 4.79 Å². The van der Waals surface area contributed by atoms with Gasteiger partial charge in [0.2, 0.25) is 15.9 Å². The van der Waals surface area contributed by atoms with Gasteiger partial charge in [-0.1, -0.05) is 12.1 Å². The summed E-state index contributed by atoms with van der Waals surface area (Å²) >= 11 is 0. The zero-order valence-corrected chi connectivity index (χ0v) is 14.7. The minimum absolute atomic E-state index is 0.0601. The average molecular weight is 366 g/mol. The van der Waals surface area contributed by atoms with E-state index in [2.05, 4.69) is 4.72 Å². The Hall–Kier alpha value is -1.93. The fourth-order valence-corrected chi connectivity index (χ4v) is 4.35. The number of carbonyl (C=O) groups excluding carboxylic acids is 1. The van der Waals surface area contributed by atoms with Crippen molar-refractivity contribution in [1.29, 1.82) is 0 Å². The highest BCUT2D eigenvalue weighted by atomic mass is 32.2. The molecule has 2 aliphatic rings. The van der Waals surface area contributed by atoms with E-state index in [1.54, 1.807) is 24.3 Å². The number of sulfonamides is 1. The van der Waals surface area contributed by atoms with Gasteiger partial charge in [0, 0.05) is 19.0 Å². The van der Waals surface area contributed by atoms with E-state index < -0.39 is 22.0 Å². The number of likely N-dealkylation sites (tertiary alicyclic amines) is 1. The lowest BCUT2D eigenvalue weighted by Crippen LogP contribution is -2.40. The number of carboxylic acids is 1. The molecule has 25 heavy (non-hydrogen) atoms. The van der Waals surface area contributed by atoms with Crippen LogP contribution in [0.5, 0.6) is 0 Å². The number of benzene rings is 1. The van der Waals surface area contributed by atoms with Crippen LogP contribution >= 0.6 is 0 Å². The number of hydrogen-bond acceptors (Lipinski definition) is 4. The molecule has 1 aliphatic carbocycles. The van der Waals surface area contributed by atoms with Crippen molar-refractivity contribution in [1.82, 2.24) is 9.62 Å². The molecule has 1 aromatic carbocycles. The molecule has 0 radical (unpaired) electrons. The monoisotopic (exact) mass is 366 g/mol. The zero-order chi connectivity index (χ0) is 18.0. The van der Waals surface area contributed by atoms with Gasteiger partial charge in [0.1, 0.15) is 6.04 Å². The molecule has 0 bridgehead atoms. The molecule has 1 saturated heterocycles. The van der Waals surface area contributed by atoms with Gasteiger partial charge in [-0.25, -0.2) is 17.9 Å². The Balaban J connectivity index is 1.56. The number of nitrogens with one attached hydrogen (secondary N) is 1. The maximum absolute atomic E-state index is 12.2. The van der Waals surface area contributed by atoms with E-state index in [4.69, 9.17) is 5.11 Å². The van der Waals surface area contributed by atoms with Crippen LogP contribution in [0.25, 0.3) is 0 Å². The molecule has 1 amide bonds. The number of nitrogens with zero attached hydrogens (tertiary/aromatic N) is 1. The van der Waals surface area contributed by atoms with Crippen LogP contribution < -0.4 is 4.72 Å². The van der Waals surface area contributed by atoms with Crippen molar-refractivity contribution < 1.29 is 23.1 Å². The molecule has 3 rings (SSSR count). The Labute approximate surface area is 147 Å². The van der Waals surface area contributed by atoms with Crippen molar-refractivity contribution in [2.24, 2.45) is 0 Å². The fourth-order valence-electron chi connectivity index (χ4n) is 3.04. The average Bonchev–Trinajstić information content (AvgIpc) is 3.23. The maximum Gasteiger partial charge on any atom is 0.326 e. The molecule has 1 atom stereocenters. The highest BCUT2D eigenvalue weighted by molar-refractivity contribution is 7.89. The lowest BCUT2D eigenvalue weighted by atomic mass is 10.1. The molecule has 0 spiro atoms. The molecule has 8 heteroatoms. The van der Waals surface area contributed by atoms with E-state index in [1.165, 1.54) is 4.90 Å². The highest BCUT2D eigenvalue weighted by Gasteiger charge is 2.33. The third kappa shape index (κ3) is 4.38. The molecule has 1 heterocycles. The summed E-state index contributed by atoms with van der Waals surface area (Å²) in [5.41, 5.74) is 0.852. The lowest BCUT2D eigenvalue weighted by molar-refractivity contribution is -0.148. The minimum atomic E-state index is -3.47. The van der Waals surface area contributed by atoms with E-state index in [9.17, 15) is 18.0 Å². The first kappa shape index (κ1) is 17.9. The molecule has 0 unspecified atom stereocenters. The largest absolute Gasteiger partial charge is 0.480 e. The summed E-state index contributed by atoms with van der Waals surface area (Å²) in [7, 11) is -3.47. The van der Waals surface area contributed by atoms with Crippen LogP contribution in [0.4, 0.5) is 0 Å². The van der Waals surface area contributed by atoms with Crippen molar-refractivity contribution in [3.63, 3.8) is 0 Å². The Bertz CT molecular complexity index is 756. The predicted octanol–water partition coefficient (Wildman–Crippen LogP) is 1.14. The second-order valence-electron chi connectivity index (χ2n) is 6.62. The third-order valence-electron chi connectivity index (χ3n) is 4.62. The smallest absolute Gasteiger partial charge is 0.326 e. The minimum Gasteiger partial charge on any atom is -0.480 e. The number of carbonyl (C=O) groups is 2. The number of aliphatic carboxylic acids is 1. The van der Waals surface area contributed by atoms with Crippen molar-refractivity contribution in [3.05, 3.63) is 29.8 Å². The van der Waals surface area contributed by atoms with Crippen LogP contribution in [-0.4, -0.2) is 48.9 Å². The Morgan fingerprint density at radius 3 is 2.44 bits per heavy atom. The van der Waals surface area contributed by atoms with Crippen LogP contribution in [0.3, 0.4) is 0 Å². The van der Waals surface area contributed by atoms with Crippen molar-refractivity contribution >= 4 is 21.9 Å². The molecule has 136 valence electrons. The molecule has 2 N–H and O–H groups in total. The summed E-state index contributed by atoms with van der Waals surface area (Å²) < 4.78 is 26.8. The molecule has 7 nitrogen and oxygen atoms in total. The summed E-state index contributed by atoms with van der Waals surface area (Å²) in [6.07, 6.45) is 3.65. The Morgan fingerprint density at radius 2 is 1.84 bits per heavy atom. The van der Waals surface area contributed by atoms with E-state index in [0.717, 1.165) is 18.4 Å². The normalized spacial score (nSPS) is 20.6. The third-order valence-corrected chi connectivity index (χ3v) is 6.15. The zero-order valence-electron chi connectivity index (χ0n) is 13.8. The quantitative estimate of drug-likeness (QED) is 0.753. The number of amides is 1. The van der Waals surface area contributed by atoms with Crippen LogP contribution in [0.2, 0.25) is 0 Å². The van der Waals surface area contributed by atoms with Gasteiger partial charge in [-0.2, -0.15) is 0 Å². The molecule has 1 aromatic rings. The summed E-state index contributed by atoms with van der Waals surface area (Å²) in [5, 5.41) is 9.13. The fraction of sp³-hybridized carbons (Fsp3) is 0.529. The van der Waals surface area contributed by atoms with Crippen LogP contribution in [0.1, 0.15) is 37.7 Å². The molecule has 2 fully saturated rings. The second kappa shape index (κ2) is 7.13. The van der Waals surface area contributed by atoms with Crippen molar-refractivity contribution in [2.75, 3.05) is 6.54 Å². The first-order valence-electron chi connectivity index (χ1n) is 8.50. The summed E-state index contributed by atoms with van der Waals surface area (Å²) in [4.78, 5) is 25.0. The highest BCUT2D eigenvalue weighted by Crippen LogP contribution is 2.23. The van der Waals surface area contributed by atoms with Gasteiger partial charge in [0.25, 0.3) is 0 Å². The summed E-state index contributed by atoms with van der Waals surface area (Å²) in [5.74, 6) is -1.12. The van der Waals surface area contributed by atoms with Gasteiger partial charge in [-0.05, 0) is 49.8 Å². The van der Waals surface area contributed by atoms with Crippen LogP contribution in [-0.2, 0) is 26.0 Å².